The number of nitrogens with zero attached hydrogens (tertiary/aromatic N) is 1. The molecule has 88 valence electrons. The lowest BCUT2D eigenvalue weighted by Gasteiger charge is -2.22. The first-order valence-electron chi connectivity index (χ1n) is 6.28. The first-order valence-corrected chi connectivity index (χ1v) is 6.28. The molecule has 1 fully saturated rings. The zero-order chi connectivity index (χ0) is 12.1. The molecule has 1 aliphatic carbocycles. The van der Waals surface area contributed by atoms with Crippen LogP contribution >= 0.6 is 0 Å². The van der Waals surface area contributed by atoms with Crippen LogP contribution in [0.2, 0.25) is 0 Å². The molecule has 0 aliphatic heterocycles. The molecule has 0 radical (unpaired) electrons. The predicted molar refractivity (Wildman–Crippen MR) is 66.4 cm³/mol. The first kappa shape index (κ1) is 11.9. The van der Waals surface area contributed by atoms with Crippen LogP contribution in [0.25, 0.3) is 0 Å². The molecule has 2 atom stereocenters. The number of rotatable bonds is 3. The molecule has 2 rings (SSSR count). The maximum absolute atomic E-state index is 11.8. The maximum Gasteiger partial charge on any atom is 0.136 e. The molecule has 0 saturated heterocycles. The summed E-state index contributed by atoms with van der Waals surface area (Å²) >= 11 is 0. The minimum atomic E-state index is -0.136. The Morgan fingerprint density at radius 1 is 1.29 bits per heavy atom. The van der Waals surface area contributed by atoms with Gasteiger partial charge in [-0.1, -0.05) is 36.8 Å². The van der Waals surface area contributed by atoms with E-state index < -0.39 is 0 Å². The highest BCUT2D eigenvalue weighted by molar-refractivity contribution is 5.81. The number of hydrogen-bond donors (Lipinski definition) is 0. The molecule has 1 saturated carbocycles. The third kappa shape index (κ3) is 2.94. The van der Waals surface area contributed by atoms with E-state index in [0.29, 0.717) is 18.6 Å². The van der Waals surface area contributed by atoms with Gasteiger partial charge in [0.2, 0.25) is 0 Å². The van der Waals surface area contributed by atoms with Gasteiger partial charge in [0.15, 0.2) is 0 Å². The Labute approximate surface area is 102 Å². The van der Waals surface area contributed by atoms with Gasteiger partial charge >= 0.3 is 0 Å². The van der Waals surface area contributed by atoms with Gasteiger partial charge < -0.3 is 0 Å². The standard InChI is InChI=1S/C15H17NO/c16-11-14(12-6-2-1-3-7-12)10-13-8-4-5-9-15(13)17/h1-3,6-7,13-14H,4-5,8-10H2. The predicted octanol–water partition coefficient (Wildman–Crippen LogP) is 3.44. The fraction of sp³-hybridized carbons (Fsp3) is 0.467. The molecular formula is C15H17NO. The summed E-state index contributed by atoms with van der Waals surface area (Å²) in [5, 5.41) is 9.24. The summed E-state index contributed by atoms with van der Waals surface area (Å²) in [6.07, 6.45) is 4.52. The number of benzene rings is 1. The number of hydrogen-bond acceptors (Lipinski definition) is 2. The van der Waals surface area contributed by atoms with Crippen LogP contribution in [0.5, 0.6) is 0 Å². The molecule has 1 aromatic carbocycles. The number of nitriles is 1. The Morgan fingerprint density at radius 2 is 2.06 bits per heavy atom. The third-order valence-corrected chi connectivity index (χ3v) is 3.56. The average Bonchev–Trinajstić information content (AvgIpc) is 2.39. The average molecular weight is 227 g/mol. The van der Waals surface area contributed by atoms with Crippen molar-refractivity contribution in [2.24, 2.45) is 5.92 Å². The van der Waals surface area contributed by atoms with Crippen LogP contribution in [-0.2, 0) is 4.79 Å². The van der Waals surface area contributed by atoms with Gasteiger partial charge in [0, 0.05) is 12.3 Å². The van der Waals surface area contributed by atoms with E-state index in [0.717, 1.165) is 24.8 Å². The van der Waals surface area contributed by atoms with Crippen LogP contribution in [-0.4, -0.2) is 5.78 Å². The summed E-state index contributed by atoms with van der Waals surface area (Å²) in [5.41, 5.74) is 1.04. The van der Waals surface area contributed by atoms with E-state index in [2.05, 4.69) is 6.07 Å². The minimum Gasteiger partial charge on any atom is -0.299 e. The molecule has 0 heterocycles. The second kappa shape index (κ2) is 5.63. The Morgan fingerprint density at radius 3 is 2.71 bits per heavy atom. The Kier molecular flexibility index (Phi) is 3.93. The lowest BCUT2D eigenvalue weighted by molar-refractivity contribution is -0.124. The number of carbonyl (C=O) groups excluding carboxylic acids is 1. The van der Waals surface area contributed by atoms with Gasteiger partial charge in [0.05, 0.1) is 12.0 Å². The van der Waals surface area contributed by atoms with Gasteiger partial charge in [-0.05, 0) is 24.8 Å². The quantitative estimate of drug-likeness (QED) is 0.793. The fourth-order valence-corrected chi connectivity index (χ4v) is 2.54. The zero-order valence-corrected chi connectivity index (χ0v) is 9.93. The largest absolute Gasteiger partial charge is 0.299 e. The van der Waals surface area contributed by atoms with E-state index in [4.69, 9.17) is 0 Å². The third-order valence-electron chi connectivity index (χ3n) is 3.56. The van der Waals surface area contributed by atoms with Crippen LogP contribution in [0.4, 0.5) is 0 Å². The maximum atomic E-state index is 11.8. The van der Waals surface area contributed by atoms with Crippen molar-refractivity contribution in [2.75, 3.05) is 0 Å². The highest BCUT2D eigenvalue weighted by Crippen LogP contribution is 2.30. The van der Waals surface area contributed by atoms with Crippen molar-refractivity contribution in [1.29, 1.82) is 5.26 Å². The Bertz CT molecular complexity index is 418. The van der Waals surface area contributed by atoms with Gasteiger partial charge in [0.25, 0.3) is 0 Å². The van der Waals surface area contributed by atoms with Crippen LogP contribution in [0.1, 0.15) is 43.6 Å². The summed E-state index contributed by atoms with van der Waals surface area (Å²) in [6, 6.07) is 12.1. The summed E-state index contributed by atoms with van der Waals surface area (Å²) in [5.74, 6) is 0.323. The lowest BCUT2D eigenvalue weighted by Crippen LogP contribution is -2.21. The Balaban J connectivity index is 2.05. The van der Waals surface area contributed by atoms with Gasteiger partial charge in [-0.25, -0.2) is 0 Å². The summed E-state index contributed by atoms with van der Waals surface area (Å²) in [6.45, 7) is 0. The number of carbonyl (C=O) groups is 1. The molecule has 0 N–H and O–H groups in total. The molecule has 0 aromatic heterocycles. The molecule has 1 aromatic rings. The molecule has 2 nitrogen and oxygen atoms in total. The molecule has 0 amide bonds. The second-order valence-electron chi connectivity index (χ2n) is 4.74. The van der Waals surface area contributed by atoms with Crippen LogP contribution < -0.4 is 0 Å². The molecule has 2 unspecified atom stereocenters. The van der Waals surface area contributed by atoms with E-state index in [1.807, 2.05) is 30.3 Å². The monoisotopic (exact) mass is 227 g/mol. The van der Waals surface area contributed by atoms with Crippen molar-refractivity contribution in [3.8, 4) is 6.07 Å². The van der Waals surface area contributed by atoms with Crippen LogP contribution in [0, 0.1) is 17.2 Å². The highest BCUT2D eigenvalue weighted by Gasteiger charge is 2.25. The minimum absolute atomic E-state index is 0.105. The van der Waals surface area contributed by atoms with Gasteiger partial charge in [-0.2, -0.15) is 5.26 Å². The van der Waals surface area contributed by atoms with Gasteiger partial charge in [0.1, 0.15) is 5.78 Å². The van der Waals surface area contributed by atoms with Crippen molar-refractivity contribution in [3.05, 3.63) is 35.9 Å². The van der Waals surface area contributed by atoms with Crippen molar-refractivity contribution in [3.63, 3.8) is 0 Å². The van der Waals surface area contributed by atoms with E-state index in [-0.39, 0.29) is 11.8 Å². The van der Waals surface area contributed by atoms with Crippen molar-refractivity contribution >= 4 is 5.78 Å². The smallest absolute Gasteiger partial charge is 0.136 e. The number of ketones is 1. The van der Waals surface area contributed by atoms with E-state index >= 15 is 0 Å². The van der Waals surface area contributed by atoms with Crippen molar-refractivity contribution in [2.45, 2.75) is 38.0 Å². The second-order valence-corrected chi connectivity index (χ2v) is 4.74. The normalized spacial score (nSPS) is 21.8. The lowest BCUT2D eigenvalue weighted by atomic mass is 9.80. The van der Waals surface area contributed by atoms with E-state index in [1.54, 1.807) is 0 Å². The topological polar surface area (TPSA) is 40.9 Å². The molecule has 17 heavy (non-hydrogen) atoms. The first-order chi connectivity index (χ1) is 8.31. The summed E-state index contributed by atoms with van der Waals surface area (Å²) in [7, 11) is 0. The van der Waals surface area contributed by atoms with Crippen LogP contribution in [0.15, 0.2) is 30.3 Å². The highest BCUT2D eigenvalue weighted by atomic mass is 16.1. The van der Waals surface area contributed by atoms with Crippen LogP contribution in [0.3, 0.4) is 0 Å². The van der Waals surface area contributed by atoms with Crippen molar-refractivity contribution < 1.29 is 4.79 Å². The fourth-order valence-electron chi connectivity index (χ4n) is 2.54. The van der Waals surface area contributed by atoms with Crippen molar-refractivity contribution in [1.82, 2.24) is 0 Å². The van der Waals surface area contributed by atoms with Gasteiger partial charge in [-0.15, -0.1) is 0 Å². The zero-order valence-electron chi connectivity index (χ0n) is 9.93. The SMILES string of the molecule is N#CC(CC1CCCCC1=O)c1ccccc1. The molecular weight excluding hydrogens is 210 g/mol. The molecule has 1 aliphatic rings. The van der Waals surface area contributed by atoms with E-state index in [9.17, 15) is 10.1 Å². The van der Waals surface area contributed by atoms with E-state index in [1.165, 1.54) is 0 Å². The summed E-state index contributed by atoms with van der Waals surface area (Å²) < 4.78 is 0. The van der Waals surface area contributed by atoms with Gasteiger partial charge in [-0.3, -0.25) is 4.79 Å². The Hall–Kier alpha value is -1.62. The summed E-state index contributed by atoms with van der Waals surface area (Å²) in [4.78, 5) is 11.8. The molecule has 2 heteroatoms. The molecule has 0 spiro atoms. The number of Topliss-reactive ketones (excluding diaryl/α,β-unsaturated/α-hetero) is 1. The molecule has 0 bridgehead atoms.